The molecule has 0 aliphatic heterocycles. The molecule has 0 aliphatic carbocycles. The van der Waals surface area contributed by atoms with Crippen LogP contribution in [0, 0.1) is 0 Å². The first-order valence-corrected chi connectivity index (χ1v) is 7.70. The second-order valence-electron chi connectivity index (χ2n) is 5.80. The van der Waals surface area contributed by atoms with Gasteiger partial charge in [0.25, 0.3) is 0 Å². The predicted octanol–water partition coefficient (Wildman–Crippen LogP) is 3.64. The molecule has 0 fully saturated rings. The second-order valence-corrected chi connectivity index (χ2v) is 5.80. The number of rotatable bonds is 7. The Morgan fingerprint density at radius 2 is 1.77 bits per heavy atom. The van der Waals surface area contributed by atoms with Crippen molar-refractivity contribution in [2.24, 2.45) is 0 Å². The highest BCUT2D eigenvalue weighted by atomic mass is 16.5. The molecule has 0 saturated carbocycles. The van der Waals surface area contributed by atoms with Crippen LogP contribution in [0.1, 0.15) is 31.1 Å². The Bertz CT molecular complexity index is 569. The molecule has 1 unspecified atom stereocenters. The minimum atomic E-state index is -0.478. The van der Waals surface area contributed by atoms with E-state index in [1.807, 2.05) is 48.5 Å². The summed E-state index contributed by atoms with van der Waals surface area (Å²) in [6, 6.07) is 18.3. The summed E-state index contributed by atoms with van der Waals surface area (Å²) in [6.07, 6.45) is -0.478. The highest BCUT2D eigenvalue weighted by Gasteiger charge is 2.16. The number of methoxy groups -OCH3 is 1. The molecule has 0 heterocycles. The van der Waals surface area contributed by atoms with E-state index in [1.54, 1.807) is 7.11 Å². The van der Waals surface area contributed by atoms with Crippen LogP contribution in [-0.4, -0.2) is 29.7 Å². The number of nitrogens with zero attached hydrogens (tertiary/aromatic N) is 1. The van der Waals surface area contributed by atoms with E-state index < -0.39 is 6.10 Å². The SMILES string of the molecule is COc1cccc(CN(CC(O)c2ccccc2)C(C)C)c1. The van der Waals surface area contributed by atoms with E-state index in [0.717, 1.165) is 17.9 Å². The molecule has 3 nitrogen and oxygen atoms in total. The molecule has 1 N–H and O–H groups in total. The highest BCUT2D eigenvalue weighted by Crippen LogP contribution is 2.19. The summed E-state index contributed by atoms with van der Waals surface area (Å²) in [6.45, 7) is 5.70. The molecule has 0 radical (unpaired) electrons. The van der Waals surface area contributed by atoms with Gasteiger partial charge in [-0.05, 0) is 37.1 Å². The van der Waals surface area contributed by atoms with Crippen LogP contribution >= 0.6 is 0 Å². The van der Waals surface area contributed by atoms with Crippen molar-refractivity contribution in [3.63, 3.8) is 0 Å². The average molecular weight is 299 g/mol. The van der Waals surface area contributed by atoms with Gasteiger partial charge in [-0.3, -0.25) is 4.90 Å². The van der Waals surface area contributed by atoms with Crippen molar-refractivity contribution in [1.29, 1.82) is 0 Å². The monoisotopic (exact) mass is 299 g/mol. The van der Waals surface area contributed by atoms with E-state index in [1.165, 1.54) is 5.56 Å². The summed E-state index contributed by atoms with van der Waals surface area (Å²) in [5, 5.41) is 10.5. The van der Waals surface area contributed by atoms with Crippen LogP contribution in [0.25, 0.3) is 0 Å². The van der Waals surface area contributed by atoms with Crippen LogP contribution in [0.15, 0.2) is 54.6 Å². The predicted molar refractivity (Wildman–Crippen MR) is 89.9 cm³/mol. The van der Waals surface area contributed by atoms with Gasteiger partial charge in [-0.15, -0.1) is 0 Å². The van der Waals surface area contributed by atoms with Crippen LogP contribution in [0.3, 0.4) is 0 Å². The fraction of sp³-hybridized carbons (Fsp3) is 0.368. The molecular weight excluding hydrogens is 274 g/mol. The topological polar surface area (TPSA) is 32.7 Å². The third-order valence-electron chi connectivity index (χ3n) is 3.84. The lowest BCUT2D eigenvalue weighted by molar-refractivity contribution is 0.0907. The minimum absolute atomic E-state index is 0.351. The van der Waals surface area contributed by atoms with E-state index in [-0.39, 0.29) is 0 Å². The molecule has 1 atom stereocenters. The summed E-state index contributed by atoms with van der Waals surface area (Å²) in [7, 11) is 1.68. The van der Waals surface area contributed by atoms with Gasteiger partial charge in [-0.25, -0.2) is 0 Å². The summed E-state index contributed by atoms with van der Waals surface area (Å²) in [4.78, 5) is 2.27. The Morgan fingerprint density at radius 1 is 1.05 bits per heavy atom. The van der Waals surface area contributed by atoms with Crippen LogP contribution < -0.4 is 4.74 Å². The number of aliphatic hydroxyl groups is 1. The molecule has 0 saturated heterocycles. The van der Waals surface area contributed by atoms with Gasteiger partial charge >= 0.3 is 0 Å². The van der Waals surface area contributed by atoms with Crippen molar-refractivity contribution in [3.05, 3.63) is 65.7 Å². The molecule has 0 amide bonds. The van der Waals surface area contributed by atoms with Crippen LogP contribution in [0.4, 0.5) is 0 Å². The van der Waals surface area contributed by atoms with Crippen molar-refractivity contribution in [3.8, 4) is 5.75 Å². The van der Waals surface area contributed by atoms with E-state index >= 15 is 0 Å². The van der Waals surface area contributed by atoms with Gasteiger partial charge in [0.15, 0.2) is 0 Å². The Morgan fingerprint density at radius 3 is 2.41 bits per heavy atom. The fourth-order valence-corrected chi connectivity index (χ4v) is 2.47. The van der Waals surface area contributed by atoms with Crippen molar-refractivity contribution in [2.75, 3.05) is 13.7 Å². The summed E-state index contributed by atoms with van der Waals surface area (Å²) in [5.74, 6) is 0.866. The van der Waals surface area contributed by atoms with Crippen molar-refractivity contribution < 1.29 is 9.84 Å². The zero-order chi connectivity index (χ0) is 15.9. The first-order valence-electron chi connectivity index (χ1n) is 7.70. The number of ether oxygens (including phenoxy) is 1. The van der Waals surface area contributed by atoms with Gasteiger partial charge in [0.1, 0.15) is 5.75 Å². The quantitative estimate of drug-likeness (QED) is 0.847. The highest BCUT2D eigenvalue weighted by molar-refractivity contribution is 5.28. The molecule has 0 bridgehead atoms. The molecule has 0 aromatic heterocycles. The van der Waals surface area contributed by atoms with E-state index in [0.29, 0.717) is 12.6 Å². The van der Waals surface area contributed by atoms with Crippen molar-refractivity contribution in [1.82, 2.24) is 4.90 Å². The van der Waals surface area contributed by atoms with E-state index in [9.17, 15) is 5.11 Å². The molecule has 0 spiro atoms. The molecule has 118 valence electrons. The van der Waals surface area contributed by atoms with E-state index in [4.69, 9.17) is 4.74 Å². The van der Waals surface area contributed by atoms with Crippen LogP contribution in [0.2, 0.25) is 0 Å². The zero-order valence-corrected chi connectivity index (χ0v) is 13.6. The van der Waals surface area contributed by atoms with Gasteiger partial charge in [-0.2, -0.15) is 0 Å². The summed E-state index contributed by atoms with van der Waals surface area (Å²) >= 11 is 0. The maximum absolute atomic E-state index is 10.5. The molecule has 22 heavy (non-hydrogen) atoms. The molecule has 0 aliphatic rings. The van der Waals surface area contributed by atoms with Gasteiger partial charge in [0.2, 0.25) is 0 Å². The second kappa shape index (κ2) is 7.97. The molecule has 2 rings (SSSR count). The van der Waals surface area contributed by atoms with Gasteiger partial charge in [-0.1, -0.05) is 42.5 Å². The Labute approximate surface area is 133 Å². The number of hydrogen-bond donors (Lipinski definition) is 1. The first-order chi connectivity index (χ1) is 10.6. The lowest BCUT2D eigenvalue weighted by Crippen LogP contribution is -2.34. The third kappa shape index (κ3) is 4.58. The first kappa shape index (κ1) is 16.5. The number of benzene rings is 2. The number of aliphatic hydroxyl groups excluding tert-OH is 1. The van der Waals surface area contributed by atoms with Crippen molar-refractivity contribution in [2.45, 2.75) is 32.5 Å². The summed E-state index contributed by atoms with van der Waals surface area (Å²) in [5.41, 5.74) is 2.15. The summed E-state index contributed by atoms with van der Waals surface area (Å²) < 4.78 is 5.28. The average Bonchev–Trinajstić information content (AvgIpc) is 2.55. The lowest BCUT2D eigenvalue weighted by Gasteiger charge is -2.29. The molecule has 2 aromatic rings. The van der Waals surface area contributed by atoms with Gasteiger partial charge < -0.3 is 9.84 Å². The number of hydrogen-bond acceptors (Lipinski definition) is 3. The minimum Gasteiger partial charge on any atom is -0.497 e. The van der Waals surface area contributed by atoms with Crippen LogP contribution in [-0.2, 0) is 6.54 Å². The largest absolute Gasteiger partial charge is 0.497 e. The standard InChI is InChI=1S/C19H25NO2/c1-15(2)20(13-16-8-7-11-18(12-16)22-3)14-19(21)17-9-5-4-6-10-17/h4-12,15,19,21H,13-14H2,1-3H3. The molecule has 2 aromatic carbocycles. The Kier molecular flexibility index (Phi) is 5.99. The third-order valence-corrected chi connectivity index (χ3v) is 3.84. The van der Waals surface area contributed by atoms with Gasteiger partial charge in [0.05, 0.1) is 13.2 Å². The van der Waals surface area contributed by atoms with E-state index in [2.05, 4.69) is 24.8 Å². The zero-order valence-electron chi connectivity index (χ0n) is 13.6. The van der Waals surface area contributed by atoms with Gasteiger partial charge in [0, 0.05) is 19.1 Å². The lowest BCUT2D eigenvalue weighted by atomic mass is 10.1. The Balaban J connectivity index is 2.06. The normalized spacial score (nSPS) is 12.6. The van der Waals surface area contributed by atoms with Crippen molar-refractivity contribution >= 4 is 0 Å². The van der Waals surface area contributed by atoms with Crippen LogP contribution in [0.5, 0.6) is 5.75 Å². The maximum atomic E-state index is 10.5. The smallest absolute Gasteiger partial charge is 0.119 e. The Hall–Kier alpha value is -1.84. The molecule has 3 heteroatoms. The molecular formula is C19H25NO2. The fourth-order valence-electron chi connectivity index (χ4n) is 2.47. The maximum Gasteiger partial charge on any atom is 0.119 e.